The van der Waals surface area contributed by atoms with E-state index in [1.54, 1.807) is 4.90 Å². The topological polar surface area (TPSA) is 76.9 Å². The van der Waals surface area contributed by atoms with Gasteiger partial charge in [0.15, 0.2) is 14.1 Å². The molecule has 3 aliphatic rings. The van der Waals surface area contributed by atoms with E-state index in [4.69, 9.17) is 14.1 Å². The van der Waals surface area contributed by atoms with E-state index in [1.807, 2.05) is 23.4 Å². The lowest BCUT2D eigenvalue weighted by Gasteiger charge is -2.44. The van der Waals surface area contributed by atoms with E-state index in [0.29, 0.717) is 43.1 Å². The van der Waals surface area contributed by atoms with Gasteiger partial charge < -0.3 is 23.5 Å². The molecule has 5 rings (SSSR count). The fourth-order valence-corrected chi connectivity index (χ4v) is 7.26. The Balaban J connectivity index is 1.23. The molecule has 3 fully saturated rings. The number of piperazine rings is 1. The largest absolute Gasteiger partial charge is 0.492 e. The normalized spacial score (nSPS) is 23.0. The number of hydrogen-bond acceptors (Lipinski definition) is 5. The average molecular weight is 555 g/mol. The predicted molar refractivity (Wildman–Crippen MR) is 156 cm³/mol. The average Bonchev–Trinajstić information content (AvgIpc) is 3.67. The van der Waals surface area contributed by atoms with Crippen molar-refractivity contribution in [3.8, 4) is 5.75 Å². The molecule has 1 aromatic carbocycles. The van der Waals surface area contributed by atoms with Crippen molar-refractivity contribution in [2.75, 3.05) is 26.2 Å². The number of rotatable bonds is 7. The minimum Gasteiger partial charge on any atom is -0.492 e. The molecule has 0 unspecified atom stereocenters. The first-order valence-corrected chi connectivity index (χ1v) is 17.7. The van der Waals surface area contributed by atoms with E-state index < -0.39 is 8.32 Å². The monoisotopic (exact) mass is 554 g/mol. The van der Waals surface area contributed by atoms with Gasteiger partial charge >= 0.3 is 0 Å². The molecule has 0 N–H and O–H groups in total. The van der Waals surface area contributed by atoms with Gasteiger partial charge in [-0.15, -0.1) is 0 Å². The number of aryl methyl sites for hydroxylation is 1. The smallest absolute Gasteiger partial charge is 0.290 e. The summed E-state index contributed by atoms with van der Waals surface area (Å²) in [4.78, 5) is 35.3. The number of imidazole rings is 1. The number of fused-ring (bicyclic) bond motifs is 1. The highest BCUT2D eigenvalue weighted by molar-refractivity contribution is 6.74. The van der Waals surface area contributed by atoms with Crippen molar-refractivity contribution in [3.05, 3.63) is 23.5 Å². The molecule has 1 saturated heterocycles. The SMILES string of the molecule is CCOc1cc(C2CC2)cc2c1nc(C(=O)N1CCN([C@H]3CC[C@H](O[Si](C)(C)C(C)(C)C)CC3)C(=O)C1)n2C. The maximum Gasteiger partial charge on any atom is 0.290 e. The first-order valence-electron chi connectivity index (χ1n) is 14.8. The summed E-state index contributed by atoms with van der Waals surface area (Å²) >= 11 is 0. The van der Waals surface area contributed by atoms with E-state index in [2.05, 4.69) is 46.0 Å². The van der Waals surface area contributed by atoms with Crippen molar-refractivity contribution in [2.24, 2.45) is 7.05 Å². The van der Waals surface area contributed by atoms with Gasteiger partial charge in [0.25, 0.3) is 5.91 Å². The number of benzene rings is 1. The quantitative estimate of drug-likeness (QED) is 0.425. The summed E-state index contributed by atoms with van der Waals surface area (Å²) < 4.78 is 14.4. The van der Waals surface area contributed by atoms with E-state index in [9.17, 15) is 9.59 Å². The second-order valence-electron chi connectivity index (χ2n) is 13.2. The molecular weight excluding hydrogens is 508 g/mol. The van der Waals surface area contributed by atoms with Crippen molar-refractivity contribution in [2.45, 2.75) is 102 Å². The maximum atomic E-state index is 13.6. The molecule has 1 aliphatic heterocycles. The molecule has 2 aliphatic carbocycles. The zero-order valence-corrected chi connectivity index (χ0v) is 25.9. The molecular formula is C30H46N4O4Si. The zero-order chi connectivity index (χ0) is 28.1. The molecule has 2 aromatic rings. The van der Waals surface area contributed by atoms with Gasteiger partial charge in [-0.05, 0) is 87.2 Å². The Morgan fingerprint density at radius 3 is 2.36 bits per heavy atom. The first-order chi connectivity index (χ1) is 18.4. The third-order valence-corrected chi connectivity index (χ3v) is 13.9. The van der Waals surface area contributed by atoms with Gasteiger partial charge in [0.05, 0.1) is 12.1 Å². The predicted octanol–water partition coefficient (Wildman–Crippen LogP) is 5.47. The molecule has 0 bridgehead atoms. The molecule has 0 atom stereocenters. The van der Waals surface area contributed by atoms with E-state index >= 15 is 0 Å². The van der Waals surface area contributed by atoms with Gasteiger partial charge in [0.1, 0.15) is 17.8 Å². The summed E-state index contributed by atoms with van der Waals surface area (Å²) in [5.41, 5.74) is 2.88. The fraction of sp³-hybridized carbons (Fsp3) is 0.700. The minimum atomic E-state index is -1.79. The van der Waals surface area contributed by atoms with Crippen LogP contribution in [0, 0.1) is 0 Å². The standard InChI is InChI=1S/C30H46N4O4Si/c1-8-37-25-18-21(20-9-10-20)17-24-27(25)31-28(32(24)5)29(36)33-15-16-34(26(35)19-33)22-11-13-23(14-12-22)38-39(6,7)30(2,3)4/h17-18,20,22-23H,8-16,19H2,1-7H3/t22-,23-. The van der Waals surface area contributed by atoms with Gasteiger partial charge in [0.2, 0.25) is 5.91 Å². The molecule has 0 radical (unpaired) electrons. The van der Waals surface area contributed by atoms with Gasteiger partial charge in [-0.3, -0.25) is 9.59 Å². The number of carbonyl (C=O) groups is 2. The molecule has 0 spiro atoms. The zero-order valence-electron chi connectivity index (χ0n) is 24.9. The Labute approximate surface area is 234 Å². The van der Waals surface area contributed by atoms with Crippen LogP contribution in [0.15, 0.2) is 12.1 Å². The highest BCUT2D eigenvalue weighted by atomic mass is 28.4. The van der Waals surface area contributed by atoms with E-state index in [0.717, 1.165) is 36.9 Å². The van der Waals surface area contributed by atoms with Gasteiger partial charge in [-0.1, -0.05) is 20.8 Å². The summed E-state index contributed by atoms with van der Waals surface area (Å²) in [6.45, 7) is 15.2. The summed E-state index contributed by atoms with van der Waals surface area (Å²) in [6, 6.07) is 4.46. The van der Waals surface area contributed by atoms with Crippen LogP contribution in [-0.4, -0.2) is 77.9 Å². The summed E-state index contributed by atoms with van der Waals surface area (Å²) in [7, 11) is 0.0929. The van der Waals surface area contributed by atoms with Gasteiger partial charge in [-0.25, -0.2) is 4.98 Å². The summed E-state index contributed by atoms with van der Waals surface area (Å²) in [5, 5.41) is 0.200. The Hall–Kier alpha value is -2.39. The number of aromatic nitrogens is 2. The Kier molecular flexibility index (Phi) is 7.61. The van der Waals surface area contributed by atoms with Crippen molar-refractivity contribution >= 4 is 31.2 Å². The van der Waals surface area contributed by atoms with Crippen molar-refractivity contribution in [1.82, 2.24) is 19.4 Å². The number of amides is 2. The highest BCUT2D eigenvalue weighted by Crippen LogP contribution is 2.43. The maximum absolute atomic E-state index is 13.6. The molecule has 1 aromatic heterocycles. The second kappa shape index (κ2) is 10.5. The molecule has 214 valence electrons. The fourth-order valence-electron chi connectivity index (χ4n) is 5.84. The number of carbonyl (C=O) groups excluding carboxylic acids is 2. The highest BCUT2D eigenvalue weighted by Gasteiger charge is 2.41. The summed E-state index contributed by atoms with van der Waals surface area (Å²) in [5.74, 6) is 1.52. The third kappa shape index (κ3) is 5.62. The van der Waals surface area contributed by atoms with Crippen LogP contribution in [0.5, 0.6) is 5.75 Å². The Morgan fingerprint density at radius 2 is 1.77 bits per heavy atom. The minimum absolute atomic E-state index is 0.0353. The van der Waals surface area contributed by atoms with Crippen LogP contribution in [0.1, 0.15) is 88.3 Å². The molecule has 39 heavy (non-hydrogen) atoms. The van der Waals surface area contributed by atoms with Crippen molar-refractivity contribution in [3.63, 3.8) is 0 Å². The Morgan fingerprint density at radius 1 is 1.08 bits per heavy atom. The molecule has 2 amide bonds. The van der Waals surface area contributed by atoms with Gasteiger partial charge in [0, 0.05) is 32.3 Å². The van der Waals surface area contributed by atoms with Crippen LogP contribution in [0.4, 0.5) is 0 Å². The third-order valence-electron chi connectivity index (χ3n) is 9.41. The van der Waals surface area contributed by atoms with Crippen molar-refractivity contribution < 1.29 is 18.8 Å². The molecule has 8 nitrogen and oxygen atoms in total. The summed E-state index contributed by atoms with van der Waals surface area (Å²) in [6.07, 6.45) is 6.60. The lowest BCUT2D eigenvalue weighted by atomic mass is 9.91. The van der Waals surface area contributed by atoms with Crippen LogP contribution < -0.4 is 4.74 Å². The van der Waals surface area contributed by atoms with E-state index in [1.165, 1.54) is 18.4 Å². The van der Waals surface area contributed by atoms with Crippen LogP contribution in [0.2, 0.25) is 18.1 Å². The van der Waals surface area contributed by atoms with Crippen LogP contribution in [0.3, 0.4) is 0 Å². The number of hydrogen-bond donors (Lipinski definition) is 0. The first kappa shape index (κ1) is 28.1. The molecule has 2 heterocycles. The van der Waals surface area contributed by atoms with Crippen LogP contribution in [0.25, 0.3) is 11.0 Å². The van der Waals surface area contributed by atoms with Gasteiger partial charge in [-0.2, -0.15) is 0 Å². The van der Waals surface area contributed by atoms with E-state index in [-0.39, 0.29) is 29.4 Å². The lowest BCUT2D eigenvalue weighted by molar-refractivity contribution is -0.138. The second-order valence-corrected chi connectivity index (χ2v) is 18.0. The van der Waals surface area contributed by atoms with Crippen LogP contribution in [-0.2, 0) is 16.3 Å². The molecule has 9 heteroatoms. The van der Waals surface area contributed by atoms with Crippen molar-refractivity contribution in [1.29, 1.82) is 0 Å². The molecule has 2 saturated carbocycles. The Bertz CT molecular complexity index is 1240. The number of nitrogens with zero attached hydrogens (tertiary/aromatic N) is 4. The van der Waals surface area contributed by atoms with Crippen LogP contribution >= 0.6 is 0 Å². The lowest BCUT2D eigenvalue weighted by Crippen LogP contribution is -2.56. The number of ether oxygens (including phenoxy) is 1.